The van der Waals surface area contributed by atoms with Gasteiger partial charge in [-0.2, -0.15) is 5.26 Å². The van der Waals surface area contributed by atoms with E-state index in [4.69, 9.17) is 10.00 Å². The lowest BCUT2D eigenvalue weighted by Gasteiger charge is -2.08. The van der Waals surface area contributed by atoms with Crippen LogP contribution < -0.4 is 0 Å². The number of allylic oxidation sites excluding steroid dienone is 1. The lowest BCUT2D eigenvalue weighted by atomic mass is 10.2. The maximum atomic E-state index is 11.3. The van der Waals surface area contributed by atoms with Crippen molar-refractivity contribution in [2.45, 2.75) is 6.92 Å². The number of carbonyl (C=O) groups excluding carboxylic acids is 1. The molecule has 0 saturated heterocycles. The lowest BCUT2D eigenvalue weighted by Crippen LogP contribution is -2.08. The Balaban J connectivity index is 5.18. The molecule has 0 N–H and O–H groups in total. The number of ether oxygens (including phenoxy) is 2. The van der Waals surface area contributed by atoms with E-state index in [2.05, 4.69) is 4.74 Å². The molecule has 5 heteroatoms. The fourth-order valence-electron chi connectivity index (χ4n) is 0.879. The van der Waals surface area contributed by atoms with Gasteiger partial charge < -0.3 is 14.4 Å². The van der Waals surface area contributed by atoms with Crippen LogP contribution in [-0.4, -0.2) is 38.7 Å². The zero-order chi connectivity index (χ0) is 12.6. The minimum absolute atomic E-state index is 0.137. The summed E-state index contributed by atoms with van der Waals surface area (Å²) in [6.45, 7) is 2.14. The van der Waals surface area contributed by atoms with Crippen molar-refractivity contribution in [1.82, 2.24) is 4.90 Å². The minimum atomic E-state index is -0.700. The van der Waals surface area contributed by atoms with Gasteiger partial charge >= 0.3 is 5.97 Å². The van der Waals surface area contributed by atoms with Gasteiger partial charge in [0.05, 0.1) is 13.7 Å². The zero-order valence-electron chi connectivity index (χ0n) is 9.98. The van der Waals surface area contributed by atoms with Gasteiger partial charge in [-0.15, -0.1) is 0 Å². The molecule has 0 aliphatic heterocycles. The molecule has 0 radical (unpaired) electrons. The number of rotatable bonds is 5. The maximum Gasteiger partial charge on any atom is 0.352 e. The number of methoxy groups -OCH3 is 1. The number of nitrogens with zero attached hydrogens (tertiary/aromatic N) is 2. The molecular formula is C11H16N2O3. The average molecular weight is 224 g/mol. The van der Waals surface area contributed by atoms with Crippen molar-refractivity contribution in [2.75, 3.05) is 27.8 Å². The predicted octanol–water partition coefficient (Wildman–Crippen LogP) is 1.05. The zero-order valence-corrected chi connectivity index (χ0v) is 9.98. The first-order valence-electron chi connectivity index (χ1n) is 4.76. The number of hydrogen-bond donors (Lipinski definition) is 0. The number of hydrogen-bond acceptors (Lipinski definition) is 5. The largest absolute Gasteiger partial charge is 0.492 e. The Labute approximate surface area is 95.6 Å². The summed E-state index contributed by atoms with van der Waals surface area (Å²) in [5.74, 6) is -0.486. The Bertz CT molecular complexity index is 338. The molecule has 0 rings (SSSR count). The molecule has 0 amide bonds. The molecule has 0 saturated carbocycles. The Morgan fingerprint density at radius 2 is 2.12 bits per heavy atom. The van der Waals surface area contributed by atoms with E-state index in [0.717, 1.165) is 0 Å². The summed E-state index contributed by atoms with van der Waals surface area (Å²) in [4.78, 5) is 13.0. The summed E-state index contributed by atoms with van der Waals surface area (Å²) in [5.41, 5.74) is -0.137. The van der Waals surface area contributed by atoms with Crippen molar-refractivity contribution in [1.29, 1.82) is 5.26 Å². The third kappa shape index (κ3) is 4.51. The van der Waals surface area contributed by atoms with Gasteiger partial charge in [-0.25, -0.2) is 4.79 Å². The molecule has 0 bridgehead atoms. The highest BCUT2D eigenvalue weighted by Gasteiger charge is 2.15. The van der Waals surface area contributed by atoms with Crippen LogP contribution in [0.25, 0.3) is 0 Å². The maximum absolute atomic E-state index is 11.3. The molecule has 0 aromatic rings. The fourth-order valence-corrected chi connectivity index (χ4v) is 0.879. The molecule has 5 nitrogen and oxygen atoms in total. The number of esters is 1. The Hall–Kier alpha value is -1.96. The summed E-state index contributed by atoms with van der Waals surface area (Å²) in [6.07, 6.45) is 3.24. The highest BCUT2D eigenvalue weighted by atomic mass is 16.5. The van der Waals surface area contributed by atoms with Crippen molar-refractivity contribution < 1.29 is 14.3 Å². The summed E-state index contributed by atoms with van der Waals surface area (Å²) in [5, 5.41) is 8.85. The van der Waals surface area contributed by atoms with E-state index in [9.17, 15) is 4.79 Å². The van der Waals surface area contributed by atoms with Gasteiger partial charge in [0.1, 0.15) is 11.8 Å². The minimum Gasteiger partial charge on any atom is -0.492 e. The first kappa shape index (κ1) is 14.0. The Morgan fingerprint density at radius 1 is 1.50 bits per heavy atom. The second-order valence-electron chi connectivity index (χ2n) is 3.05. The average Bonchev–Trinajstić information content (AvgIpc) is 2.26. The predicted molar refractivity (Wildman–Crippen MR) is 59.1 cm³/mol. The van der Waals surface area contributed by atoms with E-state index < -0.39 is 5.97 Å². The number of nitriles is 1. The van der Waals surface area contributed by atoms with E-state index in [1.165, 1.54) is 7.11 Å². The SMILES string of the molecule is CCOC(/C=C/N(C)C)=C(/C#N)C(=O)OC. The molecule has 0 aromatic carbocycles. The summed E-state index contributed by atoms with van der Waals surface area (Å²) >= 11 is 0. The van der Waals surface area contributed by atoms with Crippen molar-refractivity contribution >= 4 is 5.97 Å². The van der Waals surface area contributed by atoms with Gasteiger partial charge in [0.2, 0.25) is 0 Å². The Kier molecular flexibility index (Phi) is 6.45. The van der Waals surface area contributed by atoms with Crippen LogP contribution in [0.3, 0.4) is 0 Å². The highest BCUT2D eigenvalue weighted by molar-refractivity contribution is 5.93. The number of carbonyl (C=O) groups is 1. The Morgan fingerprint density at radius 3 is 2.50 bits per heavy atom. The van der Waals surface area contributed by atoms with Gasteiger partial charge in [0.15, 0.2) is 5.57 Å². The van der Waals surface area contributed by atoms with Gasteiger partial charge in [-0.3, -0.25) is 0 Å². The molecular weight excluding hydrogens is 208 g/mol. The standard InChI is InChI=1S/C11H16N2O3/c1-5-16-10(6-7-13(2)3)9(8-12)11(14)15-4/h6-7H,5H2,1-4H3/b7-6+,10-9-. The monoisotopic (exact) mass is 224 g/mol. The van der Waals surface area contributed by atoms with Crippen LogP contribution >= 0.6 is 0 Å². The highest BCUT2D eigenvalue weighted by Crippen LogP contribution is 2.09. The first-order chi connectivity index (χ1) is 7.56. The van der Waals surface area contributed by atoms with Crippen molar-refractivity contribution in [2.24, 2.45) is 0 Å². The second kappa shape index (κ2) is 7.35. The molecule has 0 heterocycles. The third-order valence-electron chi connectivity index (χ3n) is 1.57. The fraction of sp³-hybridized carbons (Fsp3) is 0.455. The molecule has 0 fully saturated rings. The molecule has 0 aliphatic carbocycles. The van der Waals surface area contributed by atoms with E-state index in [1.807, 2.05) is 14.1 Å². The molecule has 16 heavy (non-hydrogen) atoms. The van der Waals surface area contributed by atoms with Crippen LogP contribution in [0.5, 0.6) is 0 Å². The molecule has 0 spiro atoms. The van der Waals surface area contributed by atoms with Crippen LogP contribution in [0.15, 0.2) is 23.6 Å². The van der Waals surface area contributed by atoms with Gasteiger partial charge in [-0.05, 0) is 13.0 Å². The van der Waals surface area contributed by atoms with Crippen molar-refractivity contribution in [3.8, 4) is 6.07 Å². The molecule has 0 aliphatic rings. The summed E-state index contributed by atoms with van der Waals surface area (Å²) < 4.78 is 9.70. The lowest BCUT2D eigenvalue weighted by molar-refractivity contribution is -0.135. The quantitative estimate of drug-likeness (QED) is 0.230. The second-order valence-corrected chi connectivity index (χ2v) is 3.05. The van der Waals surface area contributed by atoms with Crippen LogP contribution in [0, 0.1) is 11.3 Å². The first-order valence-corrected chi connectivity index (χ1v) is 4.76. The summed E-state index contributed by atoms with van der Waals surface area (Å²) in [7, 11) is 4.87. The van der Waals surface area contributed by atoms with Crippen LogP contribution in [0.4, 0.5) is 0 Å². The van der Waals surface area contributed by atoms with Crippen molar-refractivity contribution in [3.63, 3.8) is 0 Å². The molecule has 0 atom stereocenters. The van der Waals surface area contributed by atoms with Gasteiger partial charge in [0, 0.05) is 20.3 Å². The van der Waals surface area contributed by atoms with E-state index >= 15 is 0 Å². The smallest absolute Gasteiger partial charge is 0.352 e. The third-order valence-corrected chi connectivity index (χ3v) is 1.57. The van der Waals surface area contributed by atoms with Crippen molar-refractivity contribution in [3.05, 3.63) is 23.6 Å². The molecule has 88 valence electrons. The van der Waals surface area contributed by atoms with E-state index in [-0.39, 0.29) is 11.3 Å². The topological polar surface area (TPSA) is 62.6 Å². The summed E-state index contributed by atoms with van der Waals surface area (Å²) in [6, 6.07) is 1.77. The van der Waals surface area contributed by atoms with Gasteiger partial charge in [-0.1, -0.05) is 0 Å². The van der Waals surface area contributed by atoms with Crippen LogP contribution in [-0.2, 0) is 14.3 Å². The van der Waals surface area contributed by atoms with E-state index in [1.54, 1.807) is 30.2 Å². The normalized spacial score (nSPS) is 11.7. The molecule has 0 aromatic heterocycles. The molecule has 0 unspecified atom stereocenters. The van der Waals surface area contributed by atoms with Crippen LogP contribution in [0.1, 0.15) is 6.92 Å². The van der Waals surface area contributed by atoms with E-state index in [0.29, 0.717) is 6.61 Å². The van der Waals surface area contributed by atoms with Crippen LogP contribution in [0.2, 0.25) is 0 Å². The van der Waals surface area contributed by atoms with Gasteiger partial charge in [0.25, 0.3) is 0 Å².